The smallest absolute Gasteiger partial charge is 0.0835 e. The molecule has 2 aromatic rings. The lowest BCUT2D eigenvalue weighted by Crippen LogP contribution is -2.06. The average molecular weight is 226 g/mol. The number of rotatable bonds is 3. The van der Waals surface area contributed by atoms with E-state index >= 15 is 0 Å². The molecule has 17 heavy (non-hydrogen) atoms. The van der Waals surface area contributed by atoms with Crippen LogP contribution < -0.4 is 0 Å². The van der Waals surface area contributed by atoms with Gasteiger partial charge in [-0.3, -0.25) is 0 Å². The first-order valence-electron chi connectivity index (χ1n) is 5.96. The average Bonchev–Trinajstić information content (AvgIpc) is 2.30. The van der Waals surface area contributed by atoms with Crippen LogP contribution in [-0.4, -0.2) is 5.11 Å². The second-order valence-corrected chi connectivity index (χ2v) is 4.51. The van der Waals surface area contributed by atoms with Gasteiger partial charge in [0.05, 0.1) is 6.10 Å². The van der Waals surface area contributed by atoms with Crippen molar-refractivity contribution in [1.82, 2.24) is 0 Å². The molecule has 1 unspecified atom stereocenters. The van der Waals surface area contributed by atoms with Crippen molar-refractivity contribution in [2.45, 2.75) is 26.4 Å². The molecule has 0 amide bonds. The third-order valence-electron chi connectivity index (χ3n) is 3.15. The highest BCUT2D eigenvalue weighted by atomic mass is 16.3. The van der Waals surface area contributed by atoms with Crippen molar-refractivity contribution in [1.29, 1.82) is 0 Å². The lowest BCUT2D eigenvalue weighted by Gasteiger charge is -2.16. The van der Waals surface area contributed by atoms with Gasteiger partial charge in [-0.1, -0.05) is 48.5 Å². The topological polar surface area (TPSA) is 20.2 Å². The maximum atomic E-state index is 10.3. The maximum Gasteiger partial charge on any atom is 0.0835 e. The Morgan fingerprint density at radius 3 is 2.06 bits per heavy atom. The summed E-state index contributed by atoms with van der Waals surface area (Å²) in [6.45, 7) is 4.10. The van der Waals surface area contributed by atoms with Crippen LogP contribution in [0.3, 0.4) is 0 Å². The van der Waals surface area contributed by atoms with Gasteiger partial charge in [0.25, 0.3) is 0 Å². The third-order valence-corrected chi connectivity index (χ3v) is 3.15. The number of aryl methyl sites for hydroxylation is 2. The van der Waals surface area contributed by atoms with Crippen molar-refractivity contribution < 1.29 is 5.11 Å². The van der Waals surface area contributed by atoms with E-state index in [0.717, 1.165) is 16.7 Å². The van der Waals surface area contributed by atoms with Gasteiger partial charge in [0.15, 0.2) is 0 Å². The predicted molar refractivity (Wildman–Crippen MR) is 71.0 cm³/mol. The maximum absolute atomic E-state index is 10.3. The molecule has 0 radical (unpaired) electrons. The molecule has 1 nitrogen and oxygen atoms in total. The van der Waals surface area contributed by atoms with E-state index < -0.39 is 6.10 Å². The Morgan fingerprint density at radius 2 is 1.47 bits per heavy atom. The molecule has 0 aliphatic rings. The van der Waals surface area contributed by atoms with Crippen molar-refractivity contribution >= 4 is 0 Å². The van der Waals surface area contributed by atoms with Crippen molar-refractivity contribution in [3.8, 4) is 0 Å². The highest BCUT2D eigenvalue weighted by molar-refractivity contribution is 5.36. The Kier molecular flexibility index (Phi) is 3.60. The zero-order valence-corrected chi connectivity index (χ0v) is 10.4. The van der Waals surface area contributed by atoms with Gasteiger partial charge in [-0.2, -0.15) is 0 Å². The summed E-state index contributed by atoms with van der Waals surface area (Å²) in [5.74, 6) is 0. The minimum Gasteiger partial charge on any atom is -0.388 e. The van der Waals surface area contributed by atoms with Gasteiger partial charge in [-0.15, -0.1) is 0 Å². The van der Waals surface area contributed by atoms with Crippen LogP contribution in [0.5, 0.6) is 0 Å². The Bertz CT molecular complexity index is 468. The first-order chi connectivity index (χ1) is 8.18. The quantitative estimate of drug-likeness (QED) is 0.848. The molecule has 0 aliphatic heterocycles. The number of aliphatic hydroxyl groups excluding tert-OH is 1. The van der Waals surface area contributed by atoms with Gasteiger partial charge in [0.2, 0.25) is 0 Å². The van der Waals surface area contributed by atoms with Crippen molar-refractivity contribution in [3.63, 3.8) is 0 Å². The van der Waals surface area contributed by atoms with E-state index in [0.29, 0.717) is 6.42 Å². The van der Waals surface area contributed by atoms with Crippen LogP contribution in [-0.2, 0) is 6.42 Å². The Morgan fingerprint density at radius 1 is 0.882 bits per heavy atom. The molecule has 0 bridgehead atoms. The minimum atomic E-state index is -0.418. The molecule has 0 heterocycles. The summed E-state index contributed by atoms with van der Waals surface area (Å²) in [5.41, 5.74) is 4.56. The van der Waals surface area contributed by atoms with Gasteiger partial charge in [0, 0.05) is 6.42 Å². The van der Waals surface area contributed by atoms with Gasteiger partial charge >= 0.3 is 0 Å². The normalized spacial score (nSPS) is 12.4. The Hall–Kier alpha value is -1.60. The molecule has 88 valence electrons. The van der Waals surface area contributed by atoms with Crippen molar-refractivity contribution in [2.24, 2.45) is 0 Å². The minimum absolute atomic E-state index is 0.418. The van der Waals surface area contributed by atoms with Crippen LogP contribution in [0.1, 0.15) is 28.4 Å². The van der Waals surface area contributed by atoms with Crippen LogP contribution in [0.25, 0.3) is 0 Å². The molecule has 1 heteroatoms. The van der Waals surface area contributed by atoms with Crippen molar-refractivity contribution in [2.75, 3.05) is 0 Å². The Balaban J connectivity index is 2.23. The largest absolute Gasteiger partial charge is 0.388 e. The fourth-order valence-corrected chi connectivity index (χ4v) is 2.29. The molecule has 0 spiro atoms. The molecular formula is C16H18O. The van der Waals surface area contributed by atoms with E-state index in [1.807, 2.05) is 24.3 Å². The van der Waals surface area contributed by atoms with Crippen LogP contribution >= 0.6 is 0 Å². The summed E-state index contributed by atoms with van der Waals surface area (Å²) in [6.07, 6.45) is 0.255. The van der Waals surface area contributed by atoms with Gasteiger partial charge < -0.3 is 5.11 Å². The monoisotopic (exact) mass is 226 g/mol. The summed E-state index contributed by atoms with van der Waals surface area (Å²) >= 11 is 0. The van der Waals surface area contributed by atoms with E-state index in [1.54, 1.807) is 0 Å². The fraction of sp³-hybridized carbons (Fsp3) is 0.250. The molecule has 2 rings (SSSR count). The lowest BCUT2D eigenvalue weighted by molar-refractivity contribution is 0.177. The number of hydrogen-bond donors (Lipinski definition) is 1. The molecule has 0 saturated heterocycles. The molecule has 0 saturated carbocycles. The molecule has 0 fully saturated rings. The van der Waals surface area contributed by atoms with Gasteiger partial charge in [0.1, 0.15) is 0 Å². The lowest BCUT2D eigenvalue weighted by atomic mass is 9.94. The van der Waals surface area contributed by atoms with Crippen LogP contribution in [0, 0.1) is 13.8 Å². The van der Waals surface area contributed by atoms with E-state index in [2.05, 4.69) is 38.1 Å². The van der Waals surface area contributed by atoms with Crippen molar-refractivity contribution in [3.05, 3.63) is 70.8 Å². The first kappa shape index (κ1) is 11.9. The van der Waals surface area contributed by atoms with E-state index in [-0.39, 0.29) is 0 Å². The summed E-state index contributed by atoms with van der Waals surface area (Å²) in [7, 11) is 0. The zero-order chi connectivity index (χ0) is 12.3. The third kappa shape index (κ3) is 2.75. The van der Waals surface area contributed by atoms with E-state index in [9.17, 15) is 5.11 Å². The number of aliphatic hydroxyl groups is 1. The molecule has 1 atom stereocenters. The fourth-order valence-electron chi connectivity index (χ4n) is 2.29. The summed E-state index contributed by atoms with van der Waals surface area (Å²) in [4.78, 5) is 0. The molecular weight excluding hydrogens is 208 g/mol. The number of hydrogen-bond acceptors (Lipinski definition) is 1. The standard InChI is InChI=1S/C16H18O/c1-12-7-6-8-13(2)16(12)15(17)11-14-9-4-3-5-10-14/h3-10,15,17H,11H2,1-2H3. The Labute approximate surface area is 103 Å². The molecule has 0 aliphatic carbocycles. The highest BCUT2D eigenvalue weighted by Gasteiger charge is 2.13. The van der Waals surface area contributed by atoms with Crippen LogP contribution in [0.2, 0.25) is 0 Å². The predicted octanol–water partition coefficient (Wildman–Crippen LogP) is 3.58. The van der Waals surface area contributed by atoms with Gasteiger partial charge in [-0.05, 0) is 36.1 Å². The summed E-state index contributed by atoms with van der Waals surface area (Å²) in [6, 6.07) is 16.2. The second kappa shape index (κ2) is 5.15. The SMILES string of the molecule is Cc1cccc(C)c1C(O)Cc1ccccc1. The second-order valence-electron chi connectivity index (χ2n) is 4.51. The van der Waals surface area contributed by atoms with E-state index in [1.165, 1.54) is 5.56 Å². The van der Waals surface area contributed by atoms with E-state index in [4.69, 9.17) is 0 Å². The van der Waals surface area contributed by atoms with Crippen LogP contribution in [0.15, 0.2) is 48.5 Å². The molecule has 2 aromatic carbocycles. The summed E-state index contributed by atoms with van der Waals surface area (Å²) < 4.78 is 0. The molecule has 1 N–H and O–H groups in total. The highest BCUT2D eigenvalue weighted by Crippen LogP contribution is 2.24. The molecule has 0 aromatic heterocycles. The first-order valence-corrected chi connectivity index (χ1v) is 5.96. The van der Waals surface area contributed by atoms with Gasteiger partial charge in [-0.25, -0.2) is 0 Å². The summed E-state index contributed by atoms with van der Waals surface area (Å²) in [5, 5.41) is 10.3. The zero-order valence-electron chi connectivity index (χ0n) is 10.4. The van der Waals surface area contributed by atoms with Crippen LogP contribution in [0.4, 0.5) is 0 Å². The number of benzene rings is 2.